The Morgan fingerprint density at radius 3 is 2.62 bits per heavy atom. The molecule has 0 aliphatic heterocycles. The van der Waals surface area contributed by atoms with Crippen LogP contribution >= 0.6 is 0 Å². The van der Waals surface area contributed by atoms with E-state index in [1.165, 1.54) is 13.4 Å². The highest BCUT2D eigenvalue weighted by Gasteiger charge is 2.27. The van der Waals surface area contributed by atoms with Gasteiger partial charge >= 0.3 is 5.97 Å². The van der Waals surface area contributed by atoms with Crippen molar-refractivity contribution in [3.05, 3.63) is 81.7 Å². The Kier molecular flexibility index (Phi) is 4.65. The molecule has 0 aliphatic carbocycles. The molecule has 6 nitrogen and oxygen atoms in total. The van der Waals surface area contributed by atoms with E-state index in [2.05, 4.69) is 10.2 Å². The first-order valence-corrected chi connectivity index (χ1v) is 7.62. The summed E-state index contributed by atoms with van der Waals surface area (Å²) >= 11 is 0. The molecule has 0 bridgehead atoms. The Hall–Kier alpha value is -3.02. The van der Waals surface area contributed by atoms with E-state index >= 15 is 0 Å². The monoisotopic (exact) mass is 326 g/mol. The van der Waals surface area contributed by atoms with Crippen LogP contribution in [0.4, 0.5) is 0 Å². The lowest BCUT2D eigenvalue weighted by molar-refractivity contribution is -0.140. The van der Waals surface area contributed by atoms with E-state index < -0.39 is 11.9 Å². The number of aromatic amines is 2. The van der Waals surface area contributed by atoms with Crippen molar-refractivity contribution in [1.29, 1.82) is 0 Å². The fraction of sp³-hybridized carbons (Fsp3) is 0.222. The van der Waals surface area contributed by atoms with Crippen molar-refractivity contribution >= 4 is 5.97 Å². The normalized spacial score (nSPS) is 12.0. The van der Waals surface area contributed by atoms with Gasteiger partial charge in [-0.25, -0.2) is 0 Å². The number of methoxy groups -OCH3 is 1. The van der Waals surface area contributed by atoms with Crippen LogP contribution in [0.5, 0.6) is 0 Å². The Labute approximate surface area is 138 Å². The van der Waals surface area contributed by atoms with Gasteiger partial charge in [-0.15, -0.1) is 0 Å². The van der Waals surface area contributed by atoms with Crippen LogP contribution in [-0.4, -0.2) is 23.3 Å². The molecule has 124 valence electrons. The maximum Gasteiger partial charge on any atom is 0.306 e. The van der Waals surface area contributed by atoms with E-state index in [9.17, 15) is 9.59 Å². The number of carbonyl (C=O) groups excluding carboxylic acids is 1. The van der Waals surface area contributed by atoms with Crippen LogP contribution in [0, 0.1) is 0 Å². The first-order valence-electron chi connectivity index (χ1n) is 7.62. The number of rotatable bonds is 6. The van der Waals surface area contributed by atoms with Gasteiger partial charge in [-0.1, -0.05) is 30.3 Å². The second-order valence-corrected chi connectivity index (χ2v) is 5.48. The van der Waals surface area contributed by atoms with Gasteiger partial charge in [-0.3, -0.25) is 14.7 Å². The van der Waals surface area contributed by atoms with E-state index in [0.717, 1.165) is 11.3 Å². The Morgan fingerprint density at radius 2 is 1.96 bits per heavy atom. The van der Waals surface area contributed by atoms with Crippen molar-refractivity contribution in [2.45, 2.75) is 18.8 Å². The lowest BCUT2D eigenvalue weighted by atomic mass is 9.91. The molecular formula is C18H18N2O4. The van der Waals surface area contributed by atoms with Gasteiger partial charge in [0.15, 0.2) is 0 Å². The minimum atomic E-state index is -0.499. The molecule has 0 saturated carbocycles. The summed E-state index contributed by atoms with van der Waals surface area (Å²) in [6, 6.07) is 13.3. The van der Waals surface area contributed by atoms with Gasteiger partial charge in [0.1, 0.15) is 5.76 Å². The molecule has 0 fully saturated rings. The minimum Gasteiger partial charge on any atom is -0.469 e. The number of aromatic nitrogens is 2. The molecule has 3 rings (SSSR count). The van der Waals surface area contributed by atoms with Crippen LogP contribution in [0.25, 0.3) is 0 Å². The number of ether oxygens (including phenoxy) is 1. The summed E-state index contributed by atoms with van der Waals surface area (Å²) in [6.45, 7) is 0. The molecule has 1 atom stereocenters. The standard InChI is InChI=1S/C18H18N2O4/c1-23-16(21)11-13(15-8-5-9-24-15)17-14(19-20-18(17)22)10-12-6-3-2-4-7-12/h2-9,13H,10-11H2,1H3,(H2,19,20,22)/t13-/m1/s1. The van der Waals surface area contributed by atoms with Crippen molar-refractivity contribution in [3.63, 3.8) is 0 Å². The second kappa shape index (κ2) is 7.04. The Morgan fingerprint density at radius 1 is 1.17 bits per heavy atom. The van der Waals surface area contributed by atoms with E-state index in [1.54, 1.807) is 12.1 Å². The summed E-state index contributed by atoms with van der Waals surface area (Å²) in [4.78, 5) is 24.2. The number of carbonyl (C=O) groups is 1. The summed E-state index contributed by atoms with van der Waals surface area (Å²) < 4.78 is 10.2. The zero-order chi connectivity index (χ0) is 16.9. The van der Waals surface area contributed by atoms with Gasteiger partial charge in [-0.05, 0) is 17.7 Å². The number of esters is 1. The molecule has 0 aliphatic rings. The zero-order valence-corrected chi connectivity index (χ0v) is 13.2. The molecule has 0 amide bonds. The first-order chi connectivity index (χ1) is 11.7. The quantitative estimate of drug-likeness (QED) is 0.682. The number of nitrogens with one attached hydrogen (secondary N) is 2. The van der Waals surface area contributed by atoms with Gasteiger partial charge in [0.05, 0.1) is 31.3 Å². The third kappa shape index (κ3) is 3.32. The van der Waals surface area contributed by atoms with Crippen molar-refractivity contribution in [2.24, 2.45) is 0 Å². The fourth-order valence-electron chi connectivity index (χ4n) is 2.80. The predicted molar refractivity (Wildman–Crippen MR) is 87.8 cm³/mol. The molecule has 2 N–H and O–H groups in total. The third-order valence-corrected chi connectivity index (χ3v) is 3.95. The topological polar surface area (TPSA) is 88.1 Å². The van der Waals surface area contributed by atoms with E-state index in [-0.39, 0.29) is 12.0 Å². The molecule has 6 heteroatoms. The SMILES string of the molecule is COC(=O)C[C@H](c1ccco1)c1c(Cc2ccccc2)[nH][nH]c1=O. The van der Waals surface area contributed by atoms with Crippen LogP contribution in [0.1, 0.15) is 34.9 Å². The number of furan rings is 1. The molecule has 0 saturated heterocycles. The molecule has 2 aromatic heterocycles. The molecule has 0 radical (unpaired) electrons. The average Bonchev–Trinajstić information content (AvgIpc) is 3.24. The van der Waals surface area contributed by atoms with Crippen molar-refractivity contribution in [1.82, 2.24) is 10.2 Å². The molecule has 2 heterocycles. The van der Waals surface area contributed by atoms with Crippen molar-refractivity contribution in [2.75, 3.05) is 7.11 Å². The van der Waals surface area contributed by atoms with Gasteiger partial charge in [-0.2, -0.15) is 0 Å². The lowest BCUT2D eigenvalue weighted by Crippen LogP contribution is -2.17. The molecule has 24 heavy (non-hydrogen) atoms. The molecule has 3 aromatic rings. The van der Waals surface area contributed by atoms with Crippen LogP contribution in [0.15, 0.2) is 57.9 Å². The number of hydrogen-bond acceptors (Lipinski definition) is 4. The van der Waals surface area contributed by atoms with E-state index in [0.29, 0.717) is 17.7 Å². The van der Waals surface area contributed by atoms with E-state index in [4.69, 9.17) is 9.15 Å². The summed E-state index contributed by atoms with van der Waals surface area (Å²) in [5, 5.41) is 5.54. The van der Waals surface area contributed by atoms with Crippen LogP contribution in [-0.2, 0) is 16.0 Å². The van der Waals surface area contributed by atoms with Crippen LogP contribution < -0.4 is 5.56 Å². The predicted octanol–water partition coefficient (Wildman–Crippen LogP) is 2.58. The zero-order valence-electron chi connectivity index (χ0n) is 13.2. The summed E-state index contributed by atoms with van der Waals surface area (Å²) in [7, 11) is 1.33. The highest BCUT2D eigenvalue weighted by Crippen LogP contribution is 2.29. The number of hydrogen-bond donors (Lipinski definition) is 2. The largest absolute Gasteiger partial charge is 0.469 e. The van der Waals surface area contributed by atoms with Crippen molar-refractivity contribution < 1.29 is 13.9 Å². The molecular weight excluding hydrogens is 308 g/mol. The van der Waals surface area contributed by atoms with Crippen LogP contribution in [0.3, 0.4) is 0 Å². The highest BCUT2D eigenvalue weighted by atomic mass is 16.5. The third-order valence-electron chi connectivity index (χ3n) is 3.95. The average molecular weight is 326 g/mol. The van der Waals surface area contributed by atoms with Crippen LogP contribution in [0.2, 0.25) is 0 Å². The van der Waals surface area contributed by atoms with Crippen molar-refractivity contribution in [3.8, 4) is 0 Å². The second-order valence-electron chi connectivity index (χ2n) is 5.48. The highest BCUT2D eigenvalue weighted by molar-refractivity contribution is 5.71. The molecule has 1 aromatic carbocycles. The smallest absolute Gasteiger partial charge is 0.306 e. The van der Waals surface area contributed by atoms with Gasteiger partial charge in [0.25, 0.3) is 5.56 Å². The maximum atomic E-state index is 12.4. The lowest BCUT2D eigenvalue weighted by Gasteiger charge is -2.13. The molecule has 0 unspecified atom stereocenters. The summed E-state index contributed by atoms with van der Waals surface area (Å²) in [5.41, 5.74) is 2.03. The minimum absolute atomic E-state index is 0.0345. The Bertz CT molecular complexity index is 847. The fourth-order valence-corrected chi connectivity index (χ4v) is 2.80. The number of H-pyrrole nitrogens is 2. The first kappa shape index (κ1) is 15.9. The van der Waals surface area contributed by atoms with Gasteiger partial charge in [0.2, 0.25) is 0 Å². The maximum absolute atomic E-state index is 12.4. The number of benzene rings is 1. The molecule has 0 spiro atoms. The van der Waals surface area contributed by atoms with Gasteiger partial charge in [0, 0.05) is 12.1 Å². The van der Waals surface area contributed by atoms with E-state index in [1.807, 2.05) is 30.3 Å². The summed E-state index contributed by atoms with van der Waals surface area (Å²) in [5.74, 6) is -0.344. The Balaban J connectivity index is 2.00. The van der Waals surface area contributed by atoms with Gasteiger partial charge < -0.3 is 14.3 Å². The summed E-state index contributed by atoms with van der Waals surface area (Å²) in [6.07, 6.45) is 2.11.